The molecule has 0 radical (unpaired) electrons. The third kappa shape index (κ3) is 3.65. The predicted octanol–water partition coefficient (Wildman–Crippen LogP) is 2.22. The van der Waals surface area contributed by atoms with Gasteiger partial charge in [0.1, 0.15) is 6.54 Å². The third-order valence-electron chi connectivity index (χ3n) is 3.80. The number of nitrogens with zero attached hydrogens (tertiary/aromatic N) is 2. The molecule has 2 heterocycles. The number of carbonyl (C=O) groups excluding carboxylic acids is 2. The van der Waals surface area contributed by atoms with Gasteiger partial charge in [-0.1, -0.05) is 6.07 Å². The fourth-order valence-electron chi connectivity index (χ4n) is 2.71. The Hall–Kier alpha value is -3.02. The summed E-state index contributed by atoms with van der Waals surface area (Å²) in [4.78, 5) is 23.4. The molecule has 0 atom stereocenters. The fraction of sp³-hybridized carbons (Fsp3) is 0.222. The van der Waals surface area contributed by atoms with Crippen molar-refractivity contribution in [3.63, 3.8) is 0 Å². The molecule has 0 bridgehead atoms. The molecule has 0 aliphatic heterocycles. The minimum atomic E-state index is -0.113. The van der Waals surface area contributed by atoms with Crippen LogP contribution in [-0.2, 0) is 22.7 Å². The Balaban J connectivity index is 1.64. The summed E-state index contributed by atoms with van der Waals surface area (Å²) in [6.45, 7) is 3.06. The highest BCUT2D eigenvalue weighted by Gasteiger charge is 2.09. The highest BCUT2D eigenvalue weighted by molar-refractivity contribution is 6.01. The average molecular weight is 324 g/mol. The number of aromatic nitrogens is 2. The van der Waals surface area contributed by atoms with Crippen LogP contribution in [0, 0.1) is 0 Å². The standard InChI is InChI=1S/C18H20N4O2/c1-14(23)20-16-5-4-6-17-15(16)7-11-22(17)13-18(24)19-8-12-21-9-2-3-10-21/h2-7,9-11H,8,12-13H2,1H3,(H,19,24)(H,20,23). The number of anilines is 1. The van der Waals surface area contributed by atoms with Crippen molar-refractivity contribution in [2.24, 2.45) is 0 Å². The van der Waals surface area contributed by atoms with Gasteiger partial charge in [0, 0.05) is 44.0 Å². The van der Waals surface area contributed by atoms with Crippen LogP contribution in [0.4, 0.5) is 5.69 Å². The molecule has 0 aliphatic carbocycles. The van der Waals surface area contributed by atoms with Gasteiger partial charge >= 0.3 is 0 Å². The number of benzene rings is 1. The number of amides is 2. The lowest BCUT2D eigenvalue weighted by molar-refractivity contribution is -0.121. The second-order valence-electron chi connectivity index (χ2n) is 5.63. The summed E-state index contributed by atoms with van der Waals surface area (Å²) < 4.78 is 3.90. The minimum Gasteiger partial charge on any atom is -0.353 e. The number of hydrogen-bond donors (Lipinski definition) is 2. The van der Waals surface area contributed by atoms with Gasteiger partial charge in [-0.25, -0.2) is 0 Å². The molecule has 24 heavy (non-hydrogen) atoms. The normalized spacial score (nSPS) is 10.7. The Morgan fingerprint density at radius 1 is 1.04 bits per heavy atom. The summed E-state index contributed by atoms with van der Waals surface area (Å²) >= 11 is 0. The zero-order chi connectivity index (χ0) is 16.9. The lowest BCUT2D eigenvalue weighted by atomic mass is 10.2. The average Bonchev–Trinajstić information content (AvgIpc) is 3.18. The van der Waals surface area contributed by atoms with Crippen LogP contribution < -0.4 is 10.6 Å². The molecule has 1 aromatic carbocycles. The first-order valence-electron chi connectivity index (χ1n) is 7.86. The maximum Gasteiger partial charge on any atom is 0.240 e. The van der Waals surface area contributed by atoms with E-state index in [0.29, 0.717) is 6.54 Å². The molecule has 2 amide bonds. The predicted molar refractivity (Wildman–Crippen MR) is 93.7 cm³/mol. The molecular formula is C18H20N4O2. The van der Waals surface area contributed by atoms with E-state index >= 15 is 0 Å². The Morgan fingerprint density at radius 2 is 1.83 bits per heavy atom. The Kier molecular flexibility index (Phi) is 4.65. The van der Waals surface area contributed by atoms with Crippen LogP contribution in [0.5, 0.6) is 0 Å². The van der Waals surface area contributed by atoms with E-state index in [1.54, 1.807) is 0 Å². The lowest BCUT2D eigenvalue weighted by Gasteiger charge is -2.09. The van der Waals surface area contributed by atoms with Crippen LogP contribution in [0.15, 0.2) is 55.0 Å². The van der Waals surface area contributed by atoms with E-state index in [2.05, 4.69) is 10.6 Å². The van der Waals surface area contributed by atoms with Crippen molar-refractivity contribution in [2.75, 3.05) is 11.9 Å². The van der Waals surface area contributed by atoms with Gasteiger partial charge in [-0.2, -0.15) is 0 Å². The van der Waals surface area contributed by atoms with Crippen LogP contribution in [0.3, 0.4) is 0 Å². The molecule has 2 aromatic heterocycles. The van der Waals surface area contributed by atoms with Crippen molar-refractivity contribution < 1.29 is 9.59 Å². The molecule has 6 nitrogen and oxygen atoms in total. The molecule has 3 aromatic rings. The topological polar surface area (TPSA) is 68.1 Å². The maximum absolute atomic E-state index is 12.1. The van der Waals surface area contributed by atoms with Gasteiger partial charge < -0.3 is 19.8 Å². The summed E-state index contributed by atoms with van der Waals surface area (Å²) in [6, 6.07) is 11.5. The third-order valence-corrected chi connectivity index (χ3v) is 3.80. The van der Waals surface area contributed by atoms with Gasteiger partial charge in [-0.3, -0.25) is 9.59 Å². The van der Waals surface area contributed by atoms with Crippen LogP contribution >= 0.6 is 0 Å². The summed E-state index contributed by atoms with van der Waals surface area (Å²) in [5.41, 5.74) is 1.67. The SMILES string of the molecule is CC(=O)Nc1cccc2c1ccn2CC(=O)NCCn1cccc1. The summed E-state index contributed by atoms with van der Waals surface area (Å²) in [6.07, 6.45) is 5.80. The monoisotopic (exact) mass is 324 g/mol. The number of nitrogens with one attached hydrogen (secondary N) is 2. The van der Waals surface area contributed by atoms with Crippen molar-refractivity contribution in [1.29, 1.82) is 0 Å². The number of carbonyl (C=O) groups is 2. The molecule has 0 fully saturated rings. The maximum atomic E-state index is 12.1. The second-order valence-corrected chi connectivity index (χ2v) is 5.63. The summed E-state index contributed by atoms with van der Waals surface area (Å²) in [7, 11) is 0. The van der Waals surface area contributed by atoms with Crippen LogP contribution in [0.1, 0.15) is 6.92 Å². The minimum absolute atomic E-state index is 0.0374. The fourth-order valence-corrected chi connectivity index (χ4v) is 2.71. The van der Waals surface area contributed by atoms with Gasteiger partial charge in [0.2, 0.25) is 11.8 Å². The zero-order valence-corrected chi connectivity index (χ0v) is 13.5. The van der Waals surface area contributed by atoms with Gasteiger partial charge in [-0.05, 0) is 30.3 Å². The molecule has 124 valence electrons. The van der Waals surface area contributed by atoms with E-state index in [-0.39, 0.29) is 18.4 Å². The van der Waals surface area contributed by atoms with Crippen molar-refractivity contribution in [1.82, 2.24) is 14.5 Å². The molecule has 0 saturated heterocycles. The smallest absolute Gasteiger partial charge is 0.240 e. The Morgan fingerprint density at radius 3 is 2.58 bits per heavy atom. The van der Waals surface area contributed by atoms with Gasteiger partial charge in [0.05, 0.1) is 11.2 Å². The molecule has 2 N–H and O–H groups in total. The van der Waals surface area contributed by atoms with Crippen LogP contribution in [0.25, 0.3) is 10.9 Å². The largest absolute Gasteiger partial charge is 0.353 e. The zero-order valence-electron chi connectivity index (χ0n) is 13.5. The van der Waals surface area contributed by atoms with Crippen molar-refractivity contribution in [3.05, 3.63) is 55.0 Å². The molecule has 6 heteroatoms. The van der Waals surface area contributed by atoms with Gasteiger partial charge in [-0.15, -0.1) is 0 Å². The quantitative estimate of drug-likeness (QED) is 0.730. The van der Waals surface area contributed by atoms with E-state index in [1.165, 1.54) is 6.92 Å². The Labute approximate surface area is 140 Å². The van der Waals surface area contributed by atoms with Crippen molar-refractivity contribution >= 4 is 28.4 Å². The molecule has 0 unspecified atom stereocenters. The highest BCUT2D eigenvalue weighted by atomic mass is 16.2. The van der Waals surface area contributed by atoms with E-state index in [1.807, 2.05) is 64.1 Å². The molecule has 0 saturated carbocycles. The molecule has 3 rings (SSSR count). The van der Waals surface area contributed by atoms with Crippen LogP contribution in [-0.4, -0.2) is 27.5 Å². The number of hydrogen-bond acceptors (Lipinski definition) is 2. The first-order valence-corrected chi connectivity index (χ1v) is 7.86. The van der Waals surface area contributed by atoms with E-state index in [9.17, 15) is 9.59 Å². The van der Waals surface area contributed by atoms with Gasteiger partial charge in [0.25, 0.3) is 0 Å². The highest BCUT2D eigenvalue weighted by Crippen LogP contribution is 2.24. The van der Waals surface area contributed by atoms with Crippen molar-refractivity contribution in [3.8, 4) is 0 Å². The second kappa shape index (κ2) is 7.04. The first-order chi connectivity index (χ1) is 11.6. The summed E-state index contributed by atoms with van der Waals surface area (Å²) in [5, 5.41) is 6.65. The molecule has 0 aliphatic rings. The van der Waals surface area contributed by atoms with Crippen molar-refractivity contribution in [2.45, 2.75) is 20.0 Å². The first kappa shape index (κ1) is 15.9. The number of fused-ring (bicyclic) bond motifs is 1. The molecular weight excluding hydrogens is 304 g/mol. The van der Waals surface area contributed by atoms with Crippen LogP contribution in [0.2, 0.25) is 0 Å². The lowest BCUT2D eigenvalue weighted by Crippen LogP contribution is -2.30. The number of rotatable bonds is 6. The van der Waals surface area contributed by atoms with E-state index in [4.69, 9.17) is 0 Å². The van der Waals surface area contributed by atoms with E-state index in [0.717, 1.165) is 23.1 Å². The van der Waals surface area contributed by atoms with Gasteiger partial charge in [0.15, 0.2) is 0 Å². The summed E-state index contributed by atoms with van der Waals surface area (Å²) in [5.74, 6) is -0.150. The Bertz CT molecular complexity index is 849. The molecule has 0 spiro atoms. The van der Waals surface area contributed by atoms with E-state index < -0.39 is 0 Å².